The molecule has 5 nitrogen and oxygen atoms in total. The van der Waals surface area contributed by atoms with Gasteiger partial charge in [-0.25, -0.2) is 0 Å². The van der Waals surface area contributed by atoms with Gasteiger partial charge in [0.1, 0.15) is 0 Å². The zero-order chi connectivity index (χ0) is 9.97. The molecule has 5 heteroatoms. The van der Waals surface area contributed by atoms with E-state index < -0.39 is 0 Å². The Morgan fingerprint density at radius 2 is 2.43 bits per heavy atom. The van der Waals surface area contributed by atoms with Crippen molar-refractivity contribution in [2.75, 3.05) is 5.73 Å². The highest BCUT2D eigenvalue weighted by Gasteiger charge is 2.20. The molecule has 0 aromatic carbocycles. The van der Waals surface area contributed by atoms with Gasteiger partial charge >= 0.3 is 0 Å². The van der Waals surface area contributed by atoms with Crippen LogP contribution in [0.4, 0.5) is 5.82 Å². The zero-order valence-electron chi connectivity index (χ0n) is 8.13. The maximum Gasteiger partial charge on any atom is 0.165 e. The third kappa shape index (κ3) is 2.23. The first-order valence-corrected chi connectivity index (χ1v) is 5.07. The molecule has 2 unspecified atom stereocenters. The minimum absolute atomic E-state index is 0.137. The Balaban J connectivity index is 1.90. The largest absolute Gasteiger partial charge is 0.393 e. The monoisotopic (exact) mass is 196 g/mol. The molecule has 0 saturated heterocycles. The van der Waals surface area contributed by atoms with Crippen LogP contribution in [0, 0.1) is 5.92 Å². The highest BCUT2D eigenvalue weighted by molar-refractivity contribution is 5.19. The van der Waals surface area contributed by atoms with Crippen LogP contribution in [0.15, 0.2) is 6.20 Å². The van der Waals surface area contributed by atoms with Crippen molar-refractivity contribution in [2.45, 2.75) is 38.3 Å². The summed E-state index contributed by atoms with van der Waals surface area (Å²) < 4.78 is 0. The predicted molar refractivity (Wildman–Crippen MR) is 52.4 cm³/mol. The van der Waals surface area contributed by atoms with Crippen LogP contribution in [-0.4, -0.2) is 26.2 Å². The highest BCUT2D eigenvalue weighted by Crippen LogP contribution is 2.25. The Morgan fingerprint density at radius 1 is 1.57 bits per heavy atom. The van der Waals surface area contributed by atoms with E-state index in [1.165, 1.54) is 0 Å². The van der Waals surface area contributed by atoms with Crippen molar-refractivity contribution in [1.29, 1.82) is 0 Å². The smallest absolute Gasteiger partial charge is 0.165 e. The molecule has 1 saturated carbocycles. The zero-order valence-corrected chi connectivity index (χ0v) is 8.13. The van der Waals surface area contributed by atoms with Crippen molar-refractivity contribution < 1.29 is 5.11 Å². The summed E-state index contributed by atoms with van der Waals surface area (Å²) in [6.45, 7) is 0.772. The van der Waals surface area contributed by atoms with Gasteiger partial charge in [0.15, 0.2) is 5.82 Å². The quantitative estimate of drug-likeness (QED) is 0.718. The lowest BCUT2D eigenvalue weighted by Gasteiger charge is -2.24. The first kappa shape index (κ1) is 9.45. The second kappa shape index (κ2) is 3.96. The second-order valence-corrected chi connectivity index (χ2v) is 4.01. The lowest BCUT2D eigenvalue weighted by Crippen LogP contribution is -2.24. The normalized spacial score (nSPS) is 27.8. The Kier molecular flexibility index (Phi) is 2.67. The minimum Gasteiger partial charge on any atom is -0.393 e. The maximum absolute atomic E-state index is 9.49. The number of anilines is 1. The van der Waals surface area contributed by atoms with E-state index in [2.05, 4.69) is 10.2 Å². The van der Waals surface area contributed by atoms with E-state index in [1.54, 1.807) is 11.0 Å². The van der Waals surface area contributed by atoms with Crippen LogP contribution in [0.2, 0.25) is 0 Å². The summed E-state index contributed by atoms with van der Waals surface area (Å²) in [5.41, 5.74) is 5.47. The molecule has 2 atom stereocenters. The van der Waals surface area contributed by atoms with Gasteiger partial charge in [0.2, 0.25) is 0 Å². The van der Waals surface area contributed by atoms with Crippen molar-refractivity contribution in [3.05, 3.63) is 6.20 Å². The van der Waals surface area contributed by atoms with Gasteiger partial charge in [-0.15, -0.1) is 5.10 Å². The fourth-order valence-electron chi connectivity index (χ4n) is 2.06. The van der Waals surface area contributed by atoms with E-state index in [9.17, 15) is 5.11 Å². The molecule has 1 aliphatic carbocycles. The number of aromatic nitrogens is 3. The molecule has 1 aliphatic rings. The summed E-state index contributed by atoms with van der Waals surface area (Å²) in [7, 11) is 0. The first-order chi connectivity index (χ1) is 6.74. The molecule has 0 spiro atoms. The molecule has 0 aliphatic heterocycles. The third-order valence-corrected chi connectivity index (χ3v) is 2.73. The second-order valence-electron chi connectivity index (χ2n) is 4.01. The number of nitrogen functional groups attached to an aromatic ring is 1. The van der Waals surface area contributed by atoms with Gasteiger partial charge in [-0.05, 0) is 25.2 Å². The molecule has 3 N–H and O–H groups in total. The molecule has 78 valence electrons. The Labute approximate surface area is 82.9 Å². The van der Waals surface area contributed by atoms with Crippen LogP contribution in [0.1, 0.15) is 25.7 Å². The van der Waals surface area contributed by atoms with Crippen LogP contribution in [0.5, 0.6) is 0 Å². The SMILES string of the molecule is Nc1cnn(CC2CCCC(O)C2)n1. The number of aliphatic hydroxyl groups excluding tert-OH is 1. The molecule has 0 amide bonds. The Bertz CT molecular complexity index is 299. The van der Waals surface area contributed by atoms with Gasteiger partial charge in [0, 0.05) is 0 Å². The van der Waals surface area contributed by atoms with Crippen molar-refractivity contribution in [2.24, 2.45) is 5.92 Å². The molecule has 0 bridgehead atoms. The van der Waals surface area contributed by atoms with Crippen molar-refractivity contribution >= 4 is 5.82 Å². The molecule has 0 radical (unpaired) electrons. The first-order valence-electron chi connectivity index (χ1n) is 5.07. The summed E-state index contributed by atoms with van der Waals surface area (Å²) in [4.78, 5) is 1.62. The van der Waals surface area contributed by atoms with Gasteiger partial charge in [-0.1, -0.05) is 6.42 Å². The molecule has 1 aromatic rings. The van der Waals surface area contributed by atoms with Crippen molar-refractivity contribution in [1.82, 2.24) is 15.0 Å². The van der Waals surface area contributed by atoms with Crippen LogP contribution in [0.25, 0.3) is 0 Å². The van der Waals surface area contributed by atoms with E-state index in [0.717, 1.165) is 32.2 Å². The molecular weight excluding hydrogens is 180 g/mol. The summed E-state index contributed by atoms with van der Waals surface area (Å²) in [5.74, 6) is 0.951. The predicted octanol–water partition coefficient (Wildman–Crippen LogP) is 0.411. The van der Waals surface area contributed by atoms with Crippen LogP contribution in [-0.2, 0) is 6.54 Å². The summed E-state index contributed by atoms with van der Waals surface area (Å²) in [6.07, 6.45) is 5.47. The number of hydrogen-bond donors (Lipinski definition) is 2. The Hall–Kier alpha value is -1.10. The number of nitrogens with zero attached hydrogens (tertiary/aromatic N) is 3. The van der Waals surface area contributed by atoms with E-state index in [0.29, 0.717) is 11.7 Å². The van der Waals surface area contributed by atoms with Crippen LogP contribution < -0.4 is 5.73 Å². The van der Waals surface area contributed by atoms with Crippen LogP contribution in [0.3, 0.4) is 0 Å². The molecule has 1 fully saturated rings. The topological polar surface area (TPSA) is 77.0 Å². The van der Waals surface area contributed by atoms with Gasteiger partial charge in [-0.2, -0.15) is 9.90 Å². The fraction of sp³-hybridized carbons (Fsp3) is 0.778. The molecular formula is C9H16N4O. The Morgan fingerprint density at radius 3 is 3.07 bits per heavy atom. The average molecular weight is 196 g/mol. The van der Waals surface area contributed by atoms with Crippen molar-refractivity contribution in [3.63, 3.8) is 0 Å². The number of hydrogen-bond acceptors (Lipinski definition) is 4. The lowest BCUT2D eigenvalue weighted by atomic mass is 9.87. The minimum atomic E-state index is -0.137. The van der Waals surface area contributed by atoms with Gasteiger partial charge in [-0.3, -0.25) is 0 Å². The molecule has 1 heterocycles. The summed E-state index contributed by atoms with van der Waals surface area (Å²) in [6, 6.07) is 0. The highest BCUT2D eigenvalue weighted by atomic mass is 16.3. The number of aliphatic hydroxyl groups is 1. The molecule has 2 rings (SSSR count). The fourth-order valence-corrected chi connectivity index (χ4v) is 2.06. The summed E-state index contributed by atoms with van der Waals surface area (Å²) >= 11 is 0. The number of nitrogens with two attached hydrogens (primary N) is 1. The van der Waals surface area contributed by atoms with E-state index >= 15 is 0 Å². The van der Waals surface area contributed by atoms with Crippen molar-refractivity contribution in [3.8, 4) is 0 Å². The van der Waals surface area contributed by atoms with E-state index in [1.807, 2.05) is 0 Å². The third-order valence-electron chi connectivity index (χ3n) is 2.73. The average Bonchev–Trinajstić information content (AvgIpc) is 2.51. The number of rotatable bonds is 2. The lowest BCUT2D eigenvalue weighted by molar-refractivity contribution is 0.0925. The summed E-state index contributed by atoms with van der Waals surface area (Å²) in [5, 5.41) is 17.6. The van der Waals surface area contributed by atoms with Gasteiger partial charge in [0.25, 0.3) is 0 Å². The maximum atomic E-state index is 9.49. The van der Waals surface area contributed by atoms with E-state index in [4.69, 9.17) is 5.73 Å². The van der Waals surface area contributed by atoms with Gasteiger partial charge < -0.3 is 10.8 Å². The standard InChI is InChI=1S/C9H16N4O/c10-9-5-11-13(12-9)6-7-2-1-3-8(14)4-7/h5,7-8,14H,1-4,6H2,(H2,10,12). The van der Waals surface area contributed by atoms with Crippen LogP contribution >= 0.6 is 0 Å². The molecule has 14 heavy (non-hydrogen) atoms. The van der Waals surface area contributed by atoms with Gasteiger partial charge in [0.05, 0.1) is 18.8 Å². The van der Waals surface area contributed by atoms with E-state index in [-0.39, 0.29) is 6.10 Å². The molecule has 1 aromatic heterocycles.